The smallest absolute Gasteiger partial charge is 0.225 e. The SMILES string of the molecule is Cc1ccc(Nc2cc(-c3ccncc3)nc(NC(C)(C)C)n2)cc1. The van der Waals surface area contributed by atoms with Gasteiger partial charge in [0.05, 0.1) is 5.69 Å². The lowest BCUT2D eigenvalue weighted by molar-refractivity contribution is 0.626. The largest absolute Gasteiger partial charge is 0.350 e. The number of aryl methyl sites for hydroxylation is 1. The van der Waals surface area contributed by atoms with Crippen LogP contribution in [0.5, 0.6) is 0 Å². The van der Waals surface area contributed by atoms with Crippen molar-refractivity contribution < 1.29 is 0 Å². The third kappa shape index (κ3) is 4.76. The van der Waals surface area contributed by atoms with Crippen molar-refractivity contribution in [1.82, 2.24) is 15.0 Å². The summed E-state index contributed by atoms with van der Waals surface area (Å²) in [7, 11) is 0. The van der Waals surface area contributed by atoms with E-state index in [0.29, 0.717) is 5.95 Å². The zero-order valence-electron chi connectivity index (χ0n) is 15.0. The van der Waals surface area contributed by atoms with Crippen LogP contribution in [0.25, 0.3) is 11.3 Å². The van der Waals surface area contributed by atoms with E-state index >= 15 is 0 Å². The van der Waals surface area contributed by atoms with E-state index in [-0.39, 0.29) is 5.54 Å². The van der Waals surface area contributed by atoms with Crippen molar-refractivity contribution in [3.8, 4) is 11.3 Å². The van der Waals surface area contributed by atoms with Gasteiger partial charge >= 0.3 is 0 Å². The van der Waals surface area contributed by atoms with Crippen molar-refractivity contribution in [3.05, 3.63) is 60.4 Å². The summed E-state index contributed by atoms with van der Waals surface area (Å²) in [6.07, 6.45) is 3.53. The van der Waals surface area contributed by atoms with E-state index in [1.165, 1.54) is 5.56 Å². The van der Waals surface area contributed by atoms with Gasteiger partial charge in [-0.25, -0.2) is 4.98 Å². The molecule has 0 aliphatic rings. The molecule has 0 fully saturated rings. The summed E-state index contributed by atoms with van der Waals surface area (Å²) < 4.78 is 0. The van der Waals surface area contributed by atoms with Crippen LogP contribution in [0.1, 0.15) is 26.3 Å². The zero-order chi connectivity index (χ0) is 17.9. The zero-order valence-corrected chi connectivity index (χ0v) is 15.0. The Balaban J connectivity index is 1.98. The van der Waals surface area contributed by atoms with Crippen molar-refractivity contribution in [1.29, 1.82) is 0 Å². The second-order valence-electron chi connectivity index (χ2n) is 7.06. The van der Waals surface area contributed by atoms with E-state index in [0.717, 1.165) is 22.8 Å². The number of hydrogen-bond acceptors (Lipinski definition) is 5. The standard InChI is InChI=1S/C20H23N5/c1-14-5-7-16(8-6-14)22-18-13-17(15-9-11-21-12-10-15)23-19(24-18)25-20(2,3)4/h5-13H,1-4H3,(H2,22,23,24,25). The molecule has 0 amide bonds. The monoisotopic (exact) mass is 333 g/mol. The average molecular weight is 333 g/mol. The molecule has 1 aromatic carbocycles. The van der Waals surface area contributed by atoms with Crippen LogP contribution in [0, 0.1) is 6.92 Å². The number of benzene rings is 1. The van der Waals surface area contributed by atoms with E-state index in [1.54, 1.807) is 12.4 Å². The fourth-order valence-electron chi connectivity index (χ4n) is 2.36. The van der Waals surface area contributed by atoms with Gasteiger partial charge in [-0.15, -0.1) is 0 Å². The molecule has 0 spiro atoms. The Labute approximate surface area is 148 Å². The fourth-order valence-corrected chi connectivity index (χ4v) is 2.36. The third-order valence-corrected chi connectivity index (χ3v) is 3.51. The lowest BCUT2D eigenvalue weighted by atomic mass is 10.1. The second kappa shape index (κ2) is 6.89. The van der Waals surface area contributed by atoms with Gasteiger partial charge < -0.3 is 10.6 Å². The summed E-state index contributed by atoms with van der Waals surface area (Å²) in [6, 6.07) is 14.1. The molecule has 128 valence electrons. The van der Waals surface area contributed by atoms with Crippen molar-refractivity contribution >= 4 is 17.5 Å². The molecule has 0 aliphatic carbocycles. The van der Waals surface area contributed by atoms with Crippen molar-refractivity contribution in [3.63, 3.8) is 0 Å². The van der Waals surface area contributed by atoms with Gasteiger partial charge in [0.25, 0.3) is 0 Å². The minimum Gasteiger partial charge on any atom is -0.350 e. The number of rotatable bonds is 4. The van der Waals surface area contributed by atoms with Crippen LogP contribution in [0.4, 0.5) is 17.5 Å². The number of anilines is 3. The molecule has 0 bridgehead atoms. The highest BCUT2D eigenvalue weighted by Gasteiger charge is 2.14. The summed E-state index contributed by atoms with van der Waals surface area (Å²) in [5, 5.41) is 6.71. The molecule has 0 unspecified atom stereocenters. The number of hydrogen-bond donors (Lipinski definition) is 2. The van der Waals surface area contributed by atoms with Crippen LogP contribution in [0.2, 0.25) is 0 Å². The predicted molar refractivity (Wildman–Crippen MR) is 103 cm³/mol. The van der Waals surface area contributed by atoms with E-state index in [2.05, 4.69) is 65.4 Å². The highest BCUT2D eigenvalue weighted by atomic mass is 15.2. The summed E-state index contributed by atoms with van der Waals surface area (Å²) in [6.45, 7) is 8.33. The molecule has 5 heteroatoms. The fraction of sp³-hybridized carbons (Fsp3) is 0.250. The van der Waals surface area contributed by atoms with Crippen LogP contribution in [0.15, 0.2) is 54.9 Å². The summed E-state index contributed by atoms with van der Waals surface area (Å²) in [5.74, 6) is 1.34. The molecule has 0 radical (unpaired) electrons. The highest BCUT2D eigenvalue weighted by Crippen LogP contribution is 2.24. The van der Waals surface area contributed by atoms with Crippen molar-refractivity contribution in [2.24, 2.45) is 0 Å². The number of pyridine rings is 1. The number of nitrogens with one attached hydrogen (secondary N) is 2. The van der Waals surface area contributed by atoms with Crippen LogP contribution < -0.4 is 10.6 Å². The van der Waals surface area contributed by atoms with E-state index in [9.17, 15) is 0 Å². The highest BCUT2D eigenvalue weighted by molar-refractivity contribution is 5.67. The Morgan fingerprint density at radius 2 is 1.56 bits per heavy atom. The van der Waals surface area contributed by atoms with Crippen LogP contribution >= 0.6 is 0 Å². The molecule has 2 N–H and O–H groups in total. The van der Waals surface area contributed by atoms with Gasteiger partial charge in [0.1, 0.15) is 5.82 Å². The number of aromatic nitrogens is 3. The molecule has 0 aliphatic heterocycles. The van der Waals surface area contributed by atoms with Gasteiger partial charge in [-0.2, -0.15) is 4.98 Å². The first-order valence-electron chi connectivity index (χ1n) is 8.30. The lowest BCUT2D eigenvalue weighted by Crippen LogP contribution is -2.27. The van der Waals surface area contributed by atoms with E-state index in [4.69, 9.17) is 0 Å². The van der Waals surface area contributed by atoms with E-state index < -0.39 is 0 Å². The Hall–Kier alpha value is -2.95. The van der Waals surface area contributed by atoms with Gasteiger partial charge in [-0.3, -0.25) is 4.98 Å². The molecule has 0 saturated heterocycles. The Morgan fingerprint density at radius 3 is 2.20 bits per heavy atom. The molecule has 3 aromatic rings. The Bertz CT molecular complexity index is 836. The van der Waals surface area contributed by atoms with Crippen molar-refractivity contribution in [2.45, 2.75) is 33.2 Å². The first-order chi connectivity index (χ1) is 11.9. The normalized spacial score (nSPS) is 11.2. The maximum atomic E-state index is 4.65. The quantitative estimate of drug-likeness (QED) is 0.718. The van der Waals surface area contributed by atoms with E-state index in [1.807, 2.05) is 30.3 Å². The molecule has 0 atom stereocenters. The molecule has 2 aromatic heterocycles. The van der Waals surface area contributed by atoms with Crippen LogP contribution in [-0.4, -0.2) is 20.5 Å². The predicted octanol–water partition coefficient (Wildman–Crippen LogP) is 4.80. The molecule has 0 saturated carbocycles. The topological polar surface area (TPSA) is 62.7 Å². The first kappa shape index (κ1) is 16.9. The lowest BCUT2D eigenvalue weighted by Gasteiger charge is -2.21. The summed E-state index contributed by atoms with van der Waals surface area (Å²) in [4.78, 5) is 13.3. The average Bonchev–Trinajstić information content (AvgIpc) is 2.56. The summed E-state index contributed by atoms with van der Waals surface area (Å²) in [5.41, 5.74) is 3.94. The van der Waals surface area contributed by atoms with Gasteiger partial charge in [0.2, 0.25) is 5.95 Å². The molecule has 25 heavy (non-hydrogen) atoms. The van der Waals surface area contributed by atoms with Crippen molar-refractivity contribution in [2.75, 3.05) is 10.6 Å². The Morgan fingerprint density at radius 1 is 0.880 bits per heavy atom. The molecule has 2 heterocycles. The van der Waals surface area contributed by atoms with Gasteiger partial charge in [0, 0.05) is 35.2 Å². The van der Waals surface area contributed by atoms with Crippen LogP contribution in [0.3, 0.4) is 0 Å². The summed E-state index contributed by atoms with van der Waals surface area (Å²) >= 11 is 0. The molecule has 5 nitrogen and oxygen atoms in total. The Kier molecular flexibility index (Phi) is 4.65. The second-order valence-corrected chi connectivity index (χ2v) is 7.06. The minimum absolute atomic E-state index is 0.127. The van der Waals surface area contributed by atoms with Gasteiger partial charge in [0.15, 0.2) is 0 Å². The molecular formula is C20H23N5. The minimum atomic E-state index is -0.127. The third-order valence-electron chi connectivity index (χ3n) is 3.51. The number of nitrogens with zero attached hydrogens (tertiary/aromatic N) is 3. The molecule has 3 rings (SSSR count). The van der Waals surface area contributed by atoms with Gasteiger partial charge in [-0.1, -0.05) is 17.7 Å². The maximum Gasteiger partial charge on any atom is 0.225 e. The van der Waals surface area contributed by atoms with Gasteiger partial charge in [-0.05, 0) is 52.0 Å². The van der Waals surface area contributed by atoms with Crippen LogP contribution in [-0.2, 0) is 0 Å². The maximum absolute atomic E-state index is 4.65. The molecular weight excluding hydrogens is 310 g/mol. The first-order valence-corrected chi connectivity index (χ1v) is 8.30.